The van der Waals surface area contributed by atoms with Crippen molar-refractivity contribution >= 4 is 33.4 Å². The van der Waals surface area contributed by atoms with Crippen LogP contribution < -0.4 is 0 Å². The van der Waals surface area contributed by atoms with Crippen LogP contribution >= 0.6 is 11.3 Å². The zero-order chi connectivity index (χ0) is 18.6. The minimum absolute atomic E-state index is 0.0278. The van der Waals surface area contributed by atoms with Crippen LogP contribution in [0, 0.1) is 5.92 Å². The lowest BCUT2D eigenvalue weighted by Gasteiger charge is -2.44. The van der Waals surface area contributed by atoms with Gasteiger partial charge >= 0.3 is 5.97 Å². The standard InChI is InChI=1S/C21H26N2O3S/c24-20(23-13-5-7-15-6-1-3-9-17(15)23)14-26-21(25)12-11-19-22-16-8-2-4-10-18(16)27-19/h2,4,8,10,15,17H,1,3,5-7,9,11-14H2/t15-,17-/m0/s1. The number of piperidine rings is 1. The third kappa shape index (κ3) is 4.32. The van der Waals surface area contributed by atoms with E-state index in [1.807, 2.05) is 29.2 Å². The van der Waals surface area contributed by atoms with Gasteiger partial charge in [0.25, 0.3) is 5.91 Å². The van der Waals surface area contributed by atoms with Crippen molar-refractivity contribution < 1.29 is 14.3 Å². The molecule has 0 N–H and O–H groups in total. The summed E-state index contributed by atoms with van der Waals surface area (Å²) in [4.78, 5) is 31.2. The maximum Gasteiger partial charge on any atom is 0.306 e. The smallest absolute Gasteiger partial charge is 0.306 e. The Kier molecular flexibility index (Phi) is 5.72. The molecular weight excluding hydrogens is 360 g/mol. The molecule has 1 aromatic heterocycles. The van der Waals surface area contributed by atoms with Gasteiger partial charge in [-0.15, -0.1) is 11.3 Å². The molecule has 5 nitrogen and oxygen atoms in total. The summed E-state index contributed by atoms with van der Waals surface area (Å²) in [7, 11) is 0. The van der Waals surface area contributed by atoms with Crippen LogP contribution in [0.5, 0.6) is 0 Å². The molecule has 2 atom stereocenters. The lowest BCUT2D eigenvalue weighted by Crippen LogP contribution is -2.50. The highest BCUT2D eigenvalue weighted by atomic mass is 32.1. The lowest BCUT2D eigenvalue weighted by molar-refractivity contribution is -0.154. The van der Waals surface area contributed by atoms with Gasteiger partial charge in [-0.25, -0.2) is 4.98 Å². The summed E-state index contributed by atoms with van der Waals surface area (Å²) in [5, 5.41) is 0.931. The van der Waals surface area contributed by atoms with Crippen LogP contribution in [-0.4, -0.2) is 41.0 Å². The molecule has 0 unspecified atom stereocenters. The molecular formula is C21H26N2O3S. The van der Waals surface area contributed by atoms with E-state index in [0.29, 0.717) is 18.4 Å². The topological polar surface area (TPSA) is 59.5 Å². The third-order valence-corrected chi connectivity index (χ3v) is 6.90. The summed E-state index contributed by atoms with van der Waals surface area (Å²) in [6, 6.07) is 8.32. The summed E-state index contributed by atoms with van der Waals surface area (Å²) in [6.07, 6.45) is 7.93. The van der Waals surface area contributed by atoms with Gasteiger partial charge in [0.05, 0.1) is 21.6 Å². The normalized spacial score (nSPS) is 22.4. The quantitative estimate of drug-likeness (QED) is 0.730. The summed E-state index contributed by atoms with van der Waals surface area (Å²) in [6.45, 7) is 0.686. The number of esters is 1. The fraction of sp³-hybridized carbons (Fsp3) is 0.571. The number of hydrogen-bond donors (Lipinski definition) is 0. The molecule has 1 aliphatic heterocycles. The van der Waals surface area contributed by atoms with E-state index < -0.39 is 0 Å². The van der Waals surface area contributed by atoms with Gasteiger partial charge in [0, 0.05) is 19.0 Å². The predicted octanol–water partition coefficient (Wildman–Crippen LogP) is 3.95. The van der Waals surface area contributed by atoms with Gasteiger partial charge in [0.15, 0.2) is 6.61 Å². The van der Waals surface area contributed by atoms with E-state index in [4.69, 9.17) is 4.74 Å². The Morgan fingerprint density at radius 1 is 1.15 bits per heavy atom. The number of aryl methyl sites for hydroxylation is 1. The summed E-state index contributed by atoms with van der Waals surface area (Å²) in [5.41, 5.74) is 0.966. The number of likely N-dealkylation sites (tertiary alicyclic amines) is 1. The molecule has 1 aromatic carbocycles. The van der Waals surface area contributed by atoms with Gasteiger partial charge in [-0.1, -0.05) is 25.0 Å². The highest BCUT2D eigenvalue weighted by Crippen LogP contribution is 2.35. The number of fused-ring (bicyclic) bond motifs is 2. The van der Waals surface area contributed by atoms with Crippen molar-refractivity contribution in [2.75, 3.05) is 13.2 Å². The number of amides is 1. The lowest BCUT2D eigenvalue weighted by atomic mass is 9.78. The summed E-state index contributed by atoms with van der Waals surface area (Å²) < 4.78 is 6.41. The number of para-hydroxylation sites is 1. The van der Waals surface area contributed by atoms with Crippen LogP contribution in [0.15, 0.2) is 24.3 Å². The first-order valence-corrected chi connectivity index (χ1v) is 10.8. The SMILES string of the molecule is O=C(CCc1nc2ccccc2s1)OCC(=O)N1CCC[C@@H]2CCCC[C@@H]21. The van der Waals surface area contributed by atoms with Crippen molar-refractivity contribution in [3.8, 4) is 0 Å². The summed E-state index contributed by atoms with van der Waals surface area (Å²) in [5.74, 6) is 0.297. The van der Waals surface area contributed by atoms with Crippen LogP contribution in [0.25, 0.3) is 10.2 Å². The molecule has 27 heavy (non-hydrogen) atoms. The van der Waals surface area contributed by atoms with Crippen molar-refractivity contribution in [2.24, 2.45) is 5.92 Å². The molecule has 0 bridgehead atoms. The second-order valence-electron chi connectivity index (χ2n) is 7.58. The number of benzene rings is 1. The van der Waals surface area contributed by atoms with Gasteiger partial charge in [0.1, 0.15) is 0 Å². The number of carbonyl (C=O) groups excluding carboxylic acids is 2. The van der Waals surface area contributed by atoms with Crippen LogP contribution in [0.4, 0.5) is 0 Å². The van der Waals surface area contributed by atoms with E-state index in [9.17, 15) is 9.59 Å². The molecule has 0 spiro atoms. The first-order chi connectivity index (χ1) is 13.2. The van der Waals surface area contributed by atoms with Crippen molar-refractivity contribution in [3.05, 3.63) is 29.3 Å². The van der Waals surface area contributed by atoms with Crippen molar-refractivity contribution in [3.63, 3.8) is 0 Å². The number of carbonyl (C=O) groups is 2. The van der Waals surface area contributed by atoms with E-state index in [-0.39, 0.29) is 24.9 Å². The first kappa shape index (κ1) is 18.4. The number of rotatable bonds is 5. The van der Waals surface area contributed by atoms with E-state index in [1.54, 1.807) is 11.3 Å². The molecule has 2 aliphatic rings. The fourth-order valence-corrected chi connectivity index (χ4v) is 5.43. The minimum Gasteiger partial charge on any atom is -0.456 e. The van der Waals surface area contributed by atoms with Gasteiger partial charge in [-0.05, 0) is 43.7 Å². The van der Waals surface area contributed by atoms with Gasteiger partial charge in [0.2, 0.25) is 0 Å². The minimum atomic E-state index is -0.320. The van der Waals surface area contributed by atoms with Crippen LogP contribution in [0.1, 0.15) is 50.0 Å². The molecule has 1 saturated carbocycles. The zero-order valence-corrected chi connectivity index (χ0v) is 16.4. The second-order valence-corrected chi connectivity index (χ2v) is 8.69. The number of thiazole rings is 1. The molecule has 2 aromatic rings. The number of ether oxygens (including phenoxy) is 1. The van der Waals surface area contributed by atoms with E-state index >= 15 is 0 Å². The summed E-state index contributed by atoms with van der Waals surface area (Å²) >= 11 is 1.60. The highest BCUT2D eigenvalue weighted by Gasteiger charge is 2.35. The number of hydrogen-bond acceptors (Lipinski definition) is 5. The number of aromatic nitrogens is 1. The molecule has 1 saturated heterocycles. The average molecular weight is 387 g/mol. The van der Waals surface area contributed by atoms with E-state index in [0.717, 1.165) is 34.6 Å². The third-order valence-electron chi connectivity index (χ3n) is 5.80. The van der Waals surface area contributed by atoms with Gasteiger partial charge in [-0.3, -0.25) is 9.59 Å². The molecule has 2 heterocycles. The Morgan fingerprint density at radius 2 is 1.96 bits per heavy atom. The fourth-order valence-electron chi connectivity index (χ4n) is 4.47. The molecule has 0 radical (unpaired) electrons. The van der Waals surface area contributed by atoms with Crippen LogP contribution in [0.3, 0.4) is 0 Å². The van der Waals surface area contributed by atoms with Crippen LogP contribution in [-0.2, 0) is 20.7 Å². The predicted molar refractivity (Wildman–Crippen MR) is 106 cm³/mol. The van der Waals surface area contributed by atoms with Crippen LogP contribution in [0.2, 0.25) is 0 Å². The highest BCUT2D eigenvalue weighted by molar-refractivity contribution is 7.18. The van der Waals surface area contributed by atoms with Gasteiger partial charge in [-0.2, -0.15) is 0 Å². The maximum atomic E-state index is 12.6. The Labute approximate surface area is 163 Å². The first-order valence-electron chi connectivity index (χ1n) is 10.0. The molecule has 6 heteroatoms. The largest absolute Gasteiger partial charge is 0.456 e. The Morgan fingerprint density at radius 3 is 2.85 bits per heavy atom. The Bertz CT molecular complexity index is 784. The van der Waals surface area contributed by atoms with Crippen molar-refractivity contribution in [1.29, 1.82) is 0 Å². The zero-order valence-electron chi connectivity index (χ0n) is 15.6. The maximum absolute atomic E-state index is 12.6. The van der Waals surface area contributed by atoms with E-state index in [1.165, 1.54) is 25.7 Å². The van der Waals surface area contributed by atoms with Crippen molar-refractivity contribution in [2.45, 2.75) is 57.4 Å². The molecule has 2 fully saturated rings. The van der Waals surface area contributed by atoms with Crippen molar-refractivity contribution in [1.82, 2.24) is 9.88 Å². The van der Waals surface area contributed by atoms with Gasteiger partial charge < -0.3 is 9.64 Å². The monoisotopic (exact) mass is 386 g/mol. The molecule has 144 valence electrons. The number of nitrogens with zero attached hydrogens (tertiary/aromatic N) is 2. The second kappa shape index (κ2) is 8.38. The molecule has 1 amide bonds. The average Bonchev–Trinajstić information content (AvgIpc) is 3.13. The molecule has 1 aliphatic carbocycles. The molecule has 4 rings (SSSR count). The Balaban J connectivity index is 1.25. The van der Waals surface area contributed by atoms with E-state index in [2.05, 4.69) is 4.98 Å². The Hall–Kier alpha value is -1.95.